The van der Waals surface area contributed by atoms with Crippen LogP contribution in [0.2, 0.25) is 10.3 Å². The predicted octanol–water partition coefficient (Wildman–Crippen LogP) is 2.02. The van der Waals surface area contributed by atoms with Gasteiger partial charge in [-0.05, 0) is 0 Å². The van der Waals surface area contributed by atoms with Crippen LogP contribution in [0.15, 0.2) is 25.3 Å². The van der Waals surface area contributed by atoms with Gasteiger partial charge in [0, 0.05) is 7.05 Å². The zero-order valence-corrected chi connectivity index (χ0v) is 12.2. The van der Waals surface area contributed by atoms with Crippen LogP contribution in [0.1, 0.15) is 0 Å². The Kier molecular flexibility index (Phi) is 3.63. The zero-order chi connectivity index (χ0) is 14.8. The Morgan fingerprint density at radius 3 is 2.33 bits per heavy atom. The average Bonchev–Trinajstić information content (AvgIpc) is 3.08. The van der Waals surface area contributed by atoms with E-state index in [4.69, 9.17) is 23.2 Å². The van der Waals surface area contributed by atoms with Crippen LogP contribution in [-0.2, 0) is 7.05 Å². The summed E-state index contributed by atoms with van der Waals surface area (Å²) in [5.41, 5.74) is 2.69. The van der Waals surface area contributed by atoms with Gasteiger partial charge in [-0.25, -0.2) is 29.9 Å². The number of halogens is 2. The first kappa shape index (κ1) is 13.7. The first-order valence-electron chi connectivity index (χ1n) is 5.74. The highest BCUT2D eigenvalue weighted by molar-refractivity contribution is 6.33. The fraction of sp³-hybridized carbons (Fsp3) is 0.0909. The number of nitrogens with one attached hydrogen (secondary N) is 1. The van der Waals surface area contributed by atoms with Crippen LogP contribution in [0, 0.1) is 0 Å². The molecule has 0 aromatic carbocycles. The molecule has 4 rings (SSSR count). The van der Waals surface area contributed by atoms with E-state index >= 15 is 0 Å². The summed E-state index contributed by atoms with van der Waals surface area (Å²) in [6, 6.07) is 0. The predicted molar refractivity (Wildman–Crippen MR) is 78.0 cm³/mol. The topological polar surface area (TPSA) is 98.1 Å². The second-order valence-corrected chi connectivity index (χ2v) is 4.67. The molecule has 0 amide bonds. The molecule has 0 saturated heterocycles. The number of hydrogen-bond acceptors (Lipinski definition) is 6. The molecule has 0 aliphatic rings. The van der Waals surface area contributed by atoms with Crippen LogP contribution >= 0.6 is 23.2 Å². The summed E-state index contributed by atoms with van der Waals surface area (Å²) in [4.78, 5) is 26.1. The molecule has 0 aliphatic heterocycles. The molecule has 0 unspecified atom stereocenters. The summed E-state index contributed by atoms with van der Waals surface area (Å²) in [5, 5.41) is 0.845. The third-order valence-corrected chi connectivity index (χ3v) is 3.20. The van der Waals surface area contributed by atoms with E-state index in [1.165, 1.54) is 19.0 Å². The molecule has 0 atom stereocenters. The van der Waals surface area contributed by atoms with Crippen molar-refractivity contribution in [1.82, 2.24) is 39.5 Å². The van der Waals surface area contributed by atoms with Gasteiger partial charge in [0.15, 0.2) is 21.6 Å². The van der Waals surface area contributed by atoms with E-state index in [0.29, 0.717) is 27.1 Å². The van der Waals surface area contributed by atoms with Crippen molar-refractivity contribution in [2.45, 2.75) is 0 Å². The molecule has 0 saturated carbocycles. The fourth-order valence-electron chi connectivity index (χ4n) is 1.68. The Bertz CT molecular complexity index is 899. The summed E-state index contributed by atoms with van der Waals surface area (Å²) in [6.07, 6.45) is 5.97. The maximum Gasteiger partial charge on any atom is 0.182 e. The van der Waals surface area contributed by atoms with Crippen LogP contribution in [-0.4, -0.2) is 39.5 Å². The summed E-state index contributed by atoms with van der Waals surface area (Å²) in [5.74, 6) is 0. The lowest BCUT2D eigenvalue weighted by Gasteiger charge is -1.93. The molecular formula is C11H8Cl2N8. The molecule has 8 nitrogen and oxygen atoms in total. The summed E-state index contributed by atoms with van der Waals surface area (Å²) in [6.45, 7) is 0. The number of aromatic amines is 1. The maximum absolute atomic E-state index is 5.79. The van der Waals surface area contributed by atoms with Crippen molar-refractivity contribution >= 4 is 45.5 Å². The number of imidazole rings is 2. The van der Waals surface area contributed by atoms with E-state index in [2.05, 4.69) is 34.9 Å². The molecule has 4 heterocycles. The minimum absolute atomic E-state index is 0.405. The van der Waals surface area contributed by atoms with Gasteiger partial charge in [0.25, 0.3) is 0 Å². The highest BCUT2D eigenvalue weighted by Crippen LogP contribution is 2.16. The minimum atomic E-state index is 0.405. The van der Waals surface area contributed by atoms with Crippen molar-refractivity contribution < 1.29 is 0 Å². The number of hydrogen-bond donors (Lipinski definition) is 1. The number of H-pyrrole nitrogens is 1. The first-order chi connectivity index (χ1) is 10.2. The van der Waals surface area contributed by atoms with Crippen LogP contribution in [0.4, 0.5) is 0 Å². The molecule has 1 N–H and O–H groups in total. The molecule has 10 heteroatoms. The van der Waals surface area contributed by atoms with Crippen molar-refractivity contribution in [3.05, 3.63) is 35.6 Å². The van der Waals surface area contributed by atoms with Crippen LogP contribution in [0.5, 0.6) is 0 Å². The van der Waals surface area contributed by atoms with E-state index in [0.717, 1.165) is 5.52 Å². The Labute approximate surface area is 128 Å². The summed E-state index contributed by atoms with van der Waals surface area (Å²) >= 11 is 11.5. The number of rotatable bonds is 0. The molecule has 4 aromatic heterocycles. The highest BCUT2D eigenvalue weighted by atomic mass is 35.5. The molecule has 0 fully saturated rings. The van der Waals surface area contributed by atoms with Crippen LogP contribution in [0.3, 0.4) is 0 Å². The number of aromatic nitrogens is 8. The normalized spacial score (nSPS) is 10.6. The number of aryl methyl sites for hydroxylation is 1. The molecular weight excluding hydrogens is 315 g/mol. The van der Waals surface area contributed by atoms with Crippen molar-refractivity contribution in [3.63, 3.8) is 0 Å². The zero-order valence-electron chi connectivity index (χ0n) is 10.7. The number of nitrogens with zero attached hydrogens (tertiary/aromatic N) is 7. The quantitative estimate of drug-likeness (QED) is 0.497. The van der Waals surface area contributed by atoms with Gasteiger partial charge in [-0.3, -0.25) is 0 Å². The molecule has 0 aliphatic carbocycles. The van der Waals surface area contributed by atoms with Crippen molar-refractivity contribution in [2.24, 2.45) is 7.05 Å². The lowest BCUT2D eigenvalue weighted by Crippen LogP contribution is -1.87. The van der Waals surface area contributed by atoms with Gasteiger partial charge in [0.2, 0.25) is 0 Å². The van der Waals surface area contributed by atoms with Gasteiger partial charge in [-0.2, -0.15) is 0 Å². The van der Waals surface area contributed by atoms with E-state index in [1.807, 2.05) is 7.05 Å². The average molecular weight is 323 g/mol. The third-order valence-electron chi connectivity index (χ3n) is 2.64. The molecule has 0 radical (unpaired) electrons. The smallest absolute Gasteiger partial charge is 0.182 e. The second kappa shape index (κ2) is 5.58. The third kappa shape index (κ3) is 2.63. The molecule has 0 spiro atoms. The minimum Gasteiger partial charge on any atom is -0.341 e. The molecule has 0 bridgehead atoms. The monoisotopic (exact) mass is 322 g/mol. The molecule has 4 aromatic rings. The van der Waals surface area contributed by atoms with Crippen molar-refractivity contribution in [3.8, 4) is 0 Å². The van der Waals surface area contributed by atoms with E-state index in [1.54, 1.807) is 10.9 Å². The molecule has 106 valence electrons. The number of fused-ring (bicyclic) bond motifs is 2. The fourth-order valence-corrected chi connectivity index (χ4v) is 2.13. The van der Waals surface area contributed by atoms with Crippen molar-refractivity contribution in [2.75, 3.05) is 0 Å². The van der Waals surface area contributed by atoms with Crippen LogP contribution < -0.4 is 0 Å². The Morgan fingerprint density at radius 1 is 0.905 bits per heavy atom. The standard InChI is InChI=1S/C6H5ClN4.C5H3ClN4/c1-11-3-10-6-4(11)5(7)8-2-9-6;6-4-3-5(9-1-7-3)10-2-8-4/h2-3H,1H3;1-2H,(H,7,8,9,10). The van der Waals surface area contributed by atoms with Gasteiger partial charge in [-0.1, -0.05) is 23.2 Å². The lowest BCUT2D eigenvalue weighted by molar-refractivity contribution is 0.944. The van der Waals surface area contributed by atoms with Gasteiger partial charge in [-0.15, -0.1) is 0 Å². The first-order valence-corrected chi connectivity index (χ1v) is 6.49. The van der Waals surface area contributed by atoms with E-state index in [-0.39, 0.29) is 0 Å². The second-order valence-electron chi connectivity index (χ2n) is 3.96. The Morgan fingerprint density at radius 2 is 1.62 bits per heavy atom. The molecule has 21 heavy (non-hydrogen) atoms. The van der Waals surface area contributed by atoms with Crippen LogP contribution in [0.25, 0.3) is 22.3 Å². The SMILES string of the molecule is Clc1ncnc2nc[nH]c12.Cn1cnc2ncnc(Cl)c21. The summed E-state index contributed by atoms with van der Waals surface area (Å²) < 4.78 is 1.79. The Balaban J connectivity index is 0.000000126. The van der Waals surface area contributed by atoms with E-state index in [9.17, 15) is 0 Å². The highest BCUT2D eigenvalue weighted by Gasteiger charge is 2.04. The maximum atomic E-state index is 5.79. The Hall–Kier alpha value is -2.32. The van der Waals surface area contributed by atoms with Gasteiger partial charge in [0.1, 0.15) is 23.7 Å². The van der Waals surface area contributed by atoms with Gasteiger partial charge < -0.3 is 9.55 Å². The lowest BCUT2D eigenvalue weighted by atomic mass is 10.5. The summed E-state index contributed by atoms with van der Waals surface area (Å²) in [7, 11) is 1.85. The van der Waals surface area contributed by atoms with Gasteiger partial charge in [0.05, 0.1) is 12.7 Å². The van der Waals surface area contributed by atoms with Gasteiger partial charge >= 0.3 is 0 Å². The van der Waals surface area contributed by atoms with E-state index < -0.39 is 0 Å². The largest absolute Gasteiger partial charge is 0.341 e. The van der Waals surface area contributed by atoms with Crippen molar-refractivity contribution in [1.29, 1.82) is 0 Å².